The zero-order valence-electron chi connectivity index (χ0n) is 10.6. The Morgan fingerprint density at radius 2 is 1.94 bits per heavy atom. The molecule has 2 nitrogen and oxygen atoms in total. The lowest BCUT2D eigenvalue weighted by Crippen LogP contribution is -2.39. The maximum absolute atomic E-state index is 6.12. The Balaban J connectivity index is 1.46. The van der Waals surface area contributed by atoms with E-state index < -0.39 is 0 Å². The third-order valence-corrected chi connectivity index (χ3v) is 4.44. The molecule has 1 aromatic rings. The zero-order valence-corrected chi connectivity index (χ0v) is 11.3. The standard InChI is InChI=1S/C15H20ClNO/c16-12-5-7-13(8-6-12)17-10-14-9-11-3-1-2-4-15(11)18-14/h1-4,12-14,17H,5-10H2. The number of alkyl halides is 1. The molecule has 1 aliphatic heterocycles. The molecule has 98 valence electrons. The third-order valence-electron chi connectivity index (χ3n) is 4.00. The molecule has 3 heteroatoms. The van der Waals surface area contributed by atoms with Gasteiger partial charge in [-0.2, -0.15) is 0 Å². The topological polar surface area (TPSA) is 21.3 Å². The minimum Gasteiger partial charge on any atom is -0.488 e. The molecule has 0 amide bonds. The average Bonchev–Trinajstić information content (AvgIpc) is 2.81. The normalized spacial score (nSPS) is 30.8. The minimum atomic E-state index is 0.302. The van der Waals surface area contributed by atoms with Gasteiger partial charge in [0.15, 0.2) is 0 Å². The second-order valence-electron chi connectivity index (χ2n) is 5.41. The molecule has 1 atom stereocenters. The van der Waals surface area contributed by atoms with Gasteiger partial charge in [-0.1, -0.05) is 18.2 Å². The molecular weight excluding hydrogens is 246 g/mol. The predicted octanol–water partition coefficient (Wildman–Crippen LogP) is 3.13. The smallest absolute Gasteiger partial charge is 0.123 e. The van der Waals surface area contributed by atoms with Gasteiger partial charge in [0.25, 0.3) is 0 Å². The average molecular weight is 266 g/mol. The highest BCUT2D eigenvalue weighted by Crippen LogP contribution is 2.28. The van der Waals surface area contributed by atoms with Crippen molar-refractivity contribution < 1.29 is 4.74 Å². The Labute approximate surface area is 114 Å². The summed E-state index contributed by atoms with van der Waals surface area (Å²) in [6, 6.07) is 8.98. The number of hydrogen-bond donors (Lipinski definition) is 1. The first kappa shape index (κ1) is 12.3. The fraction of sp³-hybridized carbons (Fsp3) is 0.600. The number of halogens is 1. The molecule has 3 rings (SSSR count). The van der Waals surface area contributed by atoms with E-state index in [1.54, 1.807) is 0 Å². The molecule has 1 unspecified atom stereocenters. The molecule has 2 aliphatic rings. The van der Waals surface area contributed by atoms with Gasteiger partial charge in [0, 0.05) is 24.4 Å². The molecule has 0 bridgehead atoms. The largest absolute Gasteiger partial charge is 0.488 e. The summed E-state index contributed by atoms with van der Waals surface area (Å²) in [5.74, 6) is 1.06. The van der Waals surface area contributed by atoms with Gasteiger partial charge in [-0.05, 0) is 37.3 Å². The second-order valence-corrected chi connectivity index (χ2v) is 6.03. The number of para-hydroxylation sites is 1. The van der Waals surface area contributed by atoms with E-state index in [9.17, 15) is 0 Å². The van der Waals surface area contributed by atoms with Gasteiger partial charge in [-0.3, -0.25) is 0 Å². The van der Waals surface area contributed by atoms with E-state index in [2.05, 4.69) is 23.5 Å². The first-order valence-electron chi connectivity index (χ1n) is 6.93. The quantitative estimate of drug-likeness (QED) is 0.848. The van der Waals surface area contributed by atoms with E-state index in [0.29, 0.717) is 17.5 Å². The van der Waals surface area contributed by atoms with Crippen LogP contribution in [0, 0.1) is 0 Å². The van der Waals surface area contributed by atoms with Crippen LogP contribution in [0.15, 0.2) is 24.3 Å². The lowest BCUT2D eigenvalue weighted by Gasteiger charge is -2.27. The Kier molecular flexibility index (Phi) is 3.76. The van der Waals surface area contributed by atoms with E-state index in [4.69, 9.17) is 16.3 Å². The van der Waals surface area contributed by atoms with E-state index in [1.165, 1.54) is 18.4 Å². The lowest BCUT2D eigenvalue weighted by atomic mass is 9.95. The van der Waals surface area contributed by atoms with Crippen molar-refractivity contribution in [3.05, 3.63) is 29.8 Å². The van der Waals surface area contributed by atoms with Gasteiger partial charge >= 0.3 is 0 Å². The van der Waals surface area contributed by atoms with Crippen molar-refractivity contribution in [1.82, 2.24) is 5.32 Å². The summed E-state index contributed by atoms with van der Waals surface area (Å²) >= 11 is 6.12. The highest BCUT2D eigenvalue weighted by Gasteiger charge is 2.24. The van der Waals surface area contributed by atoms with Gasteiger partial charge in [-0.25, -0.2) is 0 Å². The molecule has 18 heavy (non-hydrogen) atoms. The SMILES string of the molecule is ClC1CCC(NCC2Cc3ccccc3O2)CC1. The fourth-order valence-corrected chi connectivity index (χ4v) is 3.17. The van der Waals surface area contributed by atoms with Crippen LogP contribution in [0.4, 0.5) is 0 Å². The summed E-state index contributed by atoms with van der Waals surface area (Å²) in [4.78, 5) is 0. The maximum Gasteiger partial charge on any atom is 0.123 e. The van der Waals surface area contributed by atoms with E-state index in [1.807, 2.05) is 6.07 Å². The van der Waals surface area contributed by atoms with Crippen molar-refractivity contribution in [3.63, 3.8) is 0 Å². The van der Waals surface area contributed by atoms with E-state index in [-0.39, 0.29) is 0 Å². The summed E-state index contributed by atoms with van der Waals surface area (Å²) < 4.78 is 5.93. The Morgan fingerprint density at radius 1 is 1.17 bits per heavy atom. The van der Waals surface area contributed by atoms with Crippen LogP contribution in [0.5, 0.6) is 5.75 Å². The molecule has 1 heterocycles. The first-order chi connectivity index (χ1) is 8.81. The van der Waals surface area contributed by atoms with Crippen molar-refractivity contribution in [2.45, 2.75) is 49.6 Å². The number of ether oxygens (including phenoxy) is 1. The maximum atomic E-state index is 6.12. The second kappa shape index (κ2) is 5.50. The van der Waals surface area contributed by atoms with Gasteiger partial charge in [0.2, 0.25) is 0 Å². The van der Waals surface area contributed by atoms with Gasteiger partial charge in [0.05, 0.1) is 0 Å². The van der Waals surface area contributed by atoms with Gasteiger partial charge < -0.3 is 10.1 Å². The van der Waals surface area contributed by atoms with Crippen LogP contribution in [0.3, 0.4) is 0 Å². The van der Waals surface area contributed by atoms with Crippen LogP contribution in [0.1, 0.15) is 31.2 Å². The Bertz CT molecular complexity index is 376. The summed E-state index contributed by atoms with van der Waals surface area (Å²) in [5.41, 5.74) is 1.34. The summed E-state index contributed by atoms with van der Waals surface area (Å²) in [7, 11) is 0. The number of nitrogens with one attached hydrogen (secondary N) is 1. The lowest BCUT2D eigenvalue weighted by molar-refractivity contribution is 0.214. The van der Waals surface area contributed by atoms with Crippen LogP contribution in [-0.2, 0) is 6.42 Å². The fourth-order valence-electron chi connectivity index (χ4n) is 2.92. The summed E-state index contributed by atoms with van der Waals surface area (Å²) in [6.07, 6.45) is 6.03. The molecule has 1 aromatic carbocycles. The van der Waals surface area contributed by atoms with Crippen molar-refractivity contribution in [3.8, 4) is 5.75 Å². The van der Waals surface area contributed by atoms with Gasteiger partial charge in [-0.15, -0.1) is 11.6 Å². The number of benzene rings is 1. The molecular formula is C15H20ClNO. The molecule has 0 radical (unpaired) electrons. The van der Waals surface area contributed by atoms with Crippen molar-refractivity contribution in [1.29, 1.82) is 0 Å². The van der Waals surface area contributed by atoms with Crippen LogP contribution >= 0.6 is 11.6 Å². The Hall–Kier alpha value is -0.730. The number of rotatable bonds is 3. The molecule has 1 aliphatic carbocycles. The minimum absolute atomic E-state index is 0.302. The highest BCUT2D eigenvalue weighted by atomic mass is 35.5. The monoisotopic (exact) mass is 265 g/mol. The van der Waals surface area contributed by atoms with Gasteiger partial charge in [0.1, 0.15) is 11.9 Å². The van der Waals surface area contributed by atoms with Crippen molar-refractivity contribution in [2.75, 3.05) is 6.54 Å². The molecule has 0 aromatic heterocycles. The number of fused-ring (bicyclic) bond motifs is 1. The molecule has 1 saturated carbocycles. The summed E-state index contributed by atoms with van der Waals surface area (Å²) in [6.45, 7) is 0.951. The van der Waals surface area contributed by atoms with Crippen LogP contribution in [-0.4, -0.2) is 24.1 Å². The first-order valence-corrected chi connectivity index (χ1v) is 7.37. The highest BCUT2D eigenvalue weighted by molar-refractivity contribution is 6.20. The van der Waals surface area contributed by atoms with Crippen molar-refractivity contribution in [2.24, 2.45) is 0 Å². The van der Waals surface area contributed by atoms with E-state index >= 15 is 0 Å². The third kappa shape index (κ3) is 2.81. The molecule has 1 fully saturated rings. The van der Waals surface area contributed by atoms with Crippen LogP contribution in [0.25, 0.3) is 0 Å². The molecule has 0 saturated heterocycles. The predicted molar refractivity (Wildman–Crippen MR) is 74.5 cm³/mol. The van der Waals surface area contributed by atoms with E-state index in [0.717, 1.165) is 31.6 Å². The zero-order chi connectivity index (χ0) is 12.4. The van der Waals surface area contributed by atoms with Crippen molar-refractivity contribution >= 4 is 11.6 Å². The van der Waals surface area contributed by atoms with Crippen LogP contribution in [0.2, 0.25) is 0 Å². The van der Waals surface area contributed by atoms with Crippen LogP contribution < -0.4 is 10.1 Å². The Morgan fingerprint density at radius 3 is 2.72 bits per heavy atom. The molecule has 0 spiro atoms. The summed E-state index contributed by atoms with van der Waals surface area (Å²) in [5, 5.41) is 4.03. The number of hydrogen-bond acceptors (Lipinski definition) is 2. The molecule has 1 N–H and O–H groups in total.